The standard InChI is InChI=1S/C25H31NO4.C2H6/c1-5-6-13-28-24-14-18(2)25(19(3)15-24)30-23-12-11-22(16-23)29-21-9-7-20(8-10-21)17-26-27-4;1-2/h5-10,14-15,17,22-23H,11-13,16H2,1-4H3;1-2H3/b6-5+,26-17-;. The quantitative estimate of drug-likeness (QED) is 0.249. The van der Waals surface area contributed by atoms with Crippen molar-refractivity contribution in [1.29, 1.82) is 0 Å². The predicted molar refractivity (Wildman–Crippen MR) is 131 cm³/mol. The second-order valence-corrected chi connectivity index (χ2v) is 7.55. The van der Waals surface area contributed by atoms with Gasteiger partial charge in [0.15, 0.2) is 0 Å². The fourth-order valence-corrected chi connectivity index (χ4v) is 3.64. The SMILES string of the molecule is C/C=C/COc1cc(C)c(OC2CCC(Oc3ccc(/C=N\OC)cc3)C2)c(C)c1.CC. The van der Waals surface area contributed by atoms with E-state index in [0.717, 1.165) is 53.2 Å². The first-order valence-corrected chi connectivity index (χ1v) is 11.4. The van der Waals surface area contributed by atoms with Crippen LogP contribution in [-0.2, 0) is 4.84 Å². The second kappa shape index (κ2) is 13.5. The van der Waals surface area contributed by atoms with E-state index < -0.39 is 0 Å². The molecule has 1 aliphatic carbocycles. The lowest BCUT2D eigenvalue weighted by Crippen LogP contribution is -2.18. The molecule has 5 nitrogen and oxygen atoms in total. The highest BCUT2D eigenvalue weighted by Gasteiger charge is 2.28. The summed E-state index contributed by atoms with van der Waals surface area (Å²) < 4.78 is 18.3. The largest absolute Gasteiger partial charge is 0.490 e. The van der Waals surface area contributed by atoms with Gasteiger partial charge in [0.2, 0.25) is 0 Å². The fourth-order valence-electron chi connectivity index (χ4n) is 3.64. The number of hydrogen-bond donors (Lipinski definition) is 0. The van der Waals surface area contributed by atoms with Crippen molar-refractivity contribution in [2.24, 2.45) is 5.16 Å². The average molecular weight is 440 g/mol. The first kappa shape index (κ1) is 25.3. The molecule has 0 saturated heterocycles. The minimum Gasteiger partial charge on any atom is -0.490 e. The molecule has 0 N–H and O–H groups in total. The van der Waals surface area contributed by atoms with Crippen LogP contribution in [0.1, 0.15) is 56.7 Å². The molecule has 0 spiro atoms. The van der Waals surface area contributed by atoms with Crippen LogP contribution in [0.15, 0.2) is 53.7 Å². The van der Waals surface area contributed by atoms with Gasteiger partial charge in [0, 0.05) is 6.42 Å². The van der Waals surface area contributed by atoms with Crippen molar-refractivity contribution in [2.75, 3.05) is 13.7 Å². The van der Waals surface area contributed by atoms with Crippen LogP contribution in [-0.4, -0.2) is 32.1 Å². The summed E-state index contributed by atoms with van der Waals surface area (Å²) in [7, 11) is 1.53. The van der Waals surface area contributed by atoms with Gasteiger partial charge in [-0.2, -0.15) is 0 Å². The summed E-state index contributed by atoms with van der Waals surface area (Å²) >= 11 is 0. The second-order valence-electron chi connectivity index (χ2n) is 7.55. The van der Waals surface area contributed by atoms with E-state index in [4.69, 9.17) is 19.0 Å². The zero-order valence-electron chi connectivity index (χ0n) is 20.3. The maximum atomic E-state index is 6.37. The van der Waals surface area contributed by atoms with Gasteiger partial charge in [-0.15, -0.1) is 0 Å². The van der Waals surface area contributed by atoms with Gasteiger partial charge in [0.05, 0.1) is 6.21 Å². The average Bonchev–Trinajstić information content (AvgIpc) is 3.24. The van der Waals surface area contributed by atoms with Crippen LogP contribution in [0.25, 0.3) is 0 Å². The van der Waals surface area contributed by atoms with E-state index in [1.165, 1.54) is 7.11 Å². The summed E-state index contributed by atoms with van der Waals surface area (Å²) in [6, 6.07) is 11.9. The van der Waals surface area contributed by atoms with Crippen LogP contribution < -0.4 is 14.2 Å². The van der Waals surface area contributed by atoms with Crippen LogP contribution in [0.2, 0.25) is 0 Å². The molecule has 1 fully saturated rings. The molecule has 5 heteroatoms. The zero-order valence-corrected chi connectivity index (χ0v) is 20.3. The van der Waals surface area contributed by atoms with Crippen molar-refractivity contribution < 1.29 is 19.0 Å². The van der Waals surface area contributed by atoms with Crippen molar-refractivity contribution in [3.05, 3.63) is 65.2 Å². The van der Waals surface area contributed by atoms with E-state index >= 15 is 0 Å². The van der Waals surface area contributed by atoms with Crippen LogP contribution >= 0.6 is 0 Å². The van der Waals surface area contributed by atoms with Gasteiger partial charge in [-0.25, -0.2) is 0 Å². The number of allylic oxidation sites excluding steroid dienone is 1. The molecule has 0 aromatic heterocycles. The summed E-state index contributed by atoms with van der Waals surface area (Å²) in [5.41, 5.74) is 3.17. The Morgan fingerprint density at radius 1 is 0.938 bits per heavy atom. The molecule has 1 aliphatic rings. The van der Waals surface area contributed by atoms with E-state index in [0.29, 0.717) is 6.61 Å². The van der Waals surface area contributed by atoms with Crippen molar-refractivity contribution in [2.45, 2.75) is 66.1 Å². The number of benzene rings is 2. The Morgan fingerprint density at radius 2 is 1.56 bits per heavy atom. The molecule has 0 bridgehead atoms. The molecule has 2 aromatic carbocycles. The van der Waals surface area contributed by atoms with Gasteiger partial charge >= 0.3 is 0 Å². The van der Waals surface area contributed by atoms with E-state index in [1.54, 1.807) is 6.21 Å². The molecule has 3 rings (SSSR count). The Morgan fingerprint density at radius 3 is 2.16 bits per heavy atom. The Balaban J connectivity index is 0.00000176. The Labute approximate surface area is 193 Å². The summed E-state index contributed by atoms with van der Waals surface area (Å²) in [6.07, 6.45) is 8.83. The zero-order chi connectivity index (χ0) is 23.3. The highest BCUT2D eigenvalue weighted by molar-refractivity contribution is 5.79. The van der Waals surface area contributed by atoms with Crippen LogP contribution in [0.3, 0.4) is 0 Å². The molecule has 2 atom stereocenters. The highest BCUT2D eigenvalue weighted by Crippen LogP contribution is 2.33. The van der Waals surface area contributed by atoms with E-state index in [-0.39, 0.29) is 12.2 Å². The van der Waals surface area contributed by atoms with E-state index in [9.17, 15) is 0 Å². The monoisotopic (exact) mass is 439 g/mol. The Kier molecular flexibility index (Phi) is 10.6. The summed E-state index contributed by atoms with van der Waals surface area (Å²) in [5, 5.41) is 3.77. The molecule has 174 valence electrons. The molecule has 0 amide bonds. The smallest absolute Gasteiger partial charge is 0.125 e. The predicted octanol–water partition coefficient (Wildman–Crippen LogP) is 6.64. The molecule has 0 aliphatic heterocycles. The molecule has 2 aromatic rings. The molecule has 0 heterocycles. The van der Waals surface area contributed by atoms with Crippen molar-refractivity contribution in [3.8, 4) is 17.2 Å². The first-order valence-electron chi connectivity index (χ1n) is 11.4. The van der Waals surface area contributed by atoms with Crippen LogP contribution in [0, 0.1) is 13.8 Å². The lowest BCUT2D eigenvalue weighted by molar-refractivity contribution is 0.164. The molecule has 0 radical (unpaired) electrons. The first-order chi connectivity index (χ1) is 15.6. The normalized spacial score (nSPS) is 17.8. The van der Waals surface area contributed by atoms with E-state index in [1.807, 2.05) is 69.3 Å². The van der Waals surface area contributed by atoms with Crippen LogP contribution in [0.4, 0.5) is 0 Å². The Bertz CT molecular complexity index is 851. The highest BCUT2D eigenvalue weighted by atomic mass is 16.6. The van der Waals surface area contributed by atoms with Crippen LogP contribution in [0.5, 0.6) is 17.2 Å². The Hall–Kier alpha value is -2.95. The molecule has 2 unspecified atom stereocenters. The van der Waals surface area contributed by atoms with E-state index in [2.05, 4.69) is 19.0 Å². The lowest BCUT2D eigenvalue weighted by atomic mass is 10.1. The number of ether oxygens (including phenoxy) is 3. The fraction of sp³-hybridized carbons (Fsp3) is 0.444. The van der Waals surface area contributed by atoms with Crippen molar-refractivity contribution in [3.63, 3.8) is 0 Å². The minimum atomic E-state index is 0.162. The maximum Gasteiger partial charge on any atom is 0.125 e. The lowest BCUT2D eigenvalue weighted by Gasteiger charge is -2.19. The minimum absolute atomic E-state index is 0.162. The third-order valence-corrected chi connectivity index (χ3v) is 5.13. The molecule has 1 saturated carbocycles. The van der Waals surface area contributed by atoms with Gasteiger partial charge < -0.3 is 19.0 Å². The van der Waals surface area contributed by atoms with Crippen molar-refractivity contribution in [1.82, 2.24) is 0 Å². The van der Waals surface area contributed by atoms with Gasteiger partial charge in [0.25, 0.3) is 0 Å². The van der Waals surface area contributed by atoms with Gasteiger partial charge in [-0.1, -0.05) is 31.2 Å². The van der Waals surface area contributed by atoms with Gasteiger partial charge in [-0.3, -0.25) is 0 Å². The number of nitrogens with zero attached hydrogens (tertiary/aromatic N) is 1. The number of hydrogen-bond acceptors (Lipinski definition) is 5. The number of oxime groups is 1. The summed E-state index contributed by atoms with van der Waals surface area (Å²) in [5.74, 6) is 2.70. The number of rotatable bonds is 9. The third kappa shape index (κ3) is 7.63. The summed E-state index contributed by atoms with van der Waals surface area (Å²) in [6.45, 7) is 10.7. The topological polar surface area (TPSA) is 49.3 Å². The molecule has 32 heavy (non-hydrogen) atoms. The van der Waals surface area contributed by atoms with Gasteiger partial charge in [0.1, 0.15) is 43.2 Å². The van der Waals surface area contributed by atoms with Crippen molar-refractivity contribution >= 4 is 6.21 Å². The maximum absolute atomic E-state index is 6.37. The third-order valence-electron chi connectivity index (χ3n) is 5.13. The number of aryl methyl sites for hydroxylation is 2. The van der Waals surface area contributed by atoms with Gasteiger partial charge in [-0.05, 0) is 86.7 Å². The summed E-state index contributed by atoms with van der Waals surface area (Å²) in [4.78, 5) is 4.70. The molecular weight excluding hydrogens is 402 g/mol. The molecular formula is C27H37NO4.